The van der Waals surface area contributed by atoms with Gasteiger partial charge in [0, 0.05) is 24.7 Å². The number of benzene rings is 1. The molecule has 1 saturated heterocycles. The van der Waals surface area contributed by atoms with E-state index >= 15 is 0 Å². The summed E-state index contributed by atoms with van der Waals surface area (Å²) in [5.41, 5.74) is 0.865. The lowest BCUT2D eigenvalue weighted by Crippen LogP contribution is -2.50. The second-order valence-electron chi connectivity index (χ2n) is 4.61. The average molecular weight is 290 g/mol. The Balaban J connectivity index is 1.64. The van der Waals surface area contributed by atoms with Crippen LogP contribution in [0, 0.1) is 0 Å². The van der Waals surface area contributed by atoms with Crippen molar-refractivity contribution in [2.45, 2.75) is 6.04 Å². The normalized spacial score (nSPS) is 17.4. The van der Waals surface area contributed by atoms with Gasteiger partial charge >= 0.3 is 0 Å². The largest absolute Gasteiger partial charge is 0.247 e. The van der Waals surface area contributed by atoms with Crippen molar-refractivity contribution in [3.05, 3.63) is 53.7 Å². The summed E-state index contributed by atoms with van der Waals surface area (Å²) in [5, 5.41) is 8.84. The highest BCUT2D eigenvalue weighted by Gasteiger charge is 2.35. The number of rotatable bonds is 4. The van der Waals surface area contributed by atoms with E-state index in [-0.39, 0.29) is 6.04 Å². The van der Waals surface area contributed by atoms with Crippen LogP contribution in [0.4, 0.5) is 0 Å². The molecule has 0 N–H and O–H groups in total. The molecule has 1 aromatic heterocycles. The molecule has 0 unspecified atom stereocenters. The first-order valence-corrected chi connectivity index (χ1v) is 7.74. The summed E-state index contributed by atoms with van der Waals surface area (Å²) >= 11 is 0. The number of aromatic nitrogens is 3. The monoisotopic (exact) mass is 290 g/mol. The van der Waals surface area contributed by atoms with E-state index in [2.05, 4.69) is 10.3 Å². The summed E-state index contributed by atoms with van der Waals surface area (Å²) in [6.07, 6.45) is 4.94. The molecule has 2 aromatic rings. The van der Waals surface area contributed by atoms with Crippen LogP contribution in [0.1, 0.15) is 11.6 Å². The van der Waals surface area contributed by atoms with E-state index in [0.717, 1.165) is 5.56 Å². The predicted molar refractivity (Wildman–Crippen MR) is 75.0 cm³/mol. The standard InChI is InChI=1S/C13H14N4O2S/c18-20(19,9-6-12-4-2-1-3-5-12)16-10-13(11-16)17-8-7-14-15-17/h1-9,13H,10-11H2. The van der Waals surface area contributed by atoms with Gasteiger partial charge in [0.15, 0.2) is 0 Å². The van der Waals surface area contributed by atoms with E-state index in [1.54, 1.807) is 23.2 Å². The Morgan fingerprint density at radius 3 is 2.60 bits per heavy atom. The molecule has 20 heavy (non-hydrogen) atoms. The Morgan fingerprint density at radius 1 is 1.20 bits per heavy atom. The van der Waals surface area contributed by atoms with Crippen LogP contribution in [0.25, 0.3) is 6.08 Å². The highest BCUT2D eigenvalue weighted by Crippen LogP contribution is 2.24. The summed E-state index contributed by atoms with van der Waals surface area (Å²) in [6, 6.07) is 9.44. The first-order valence-electron chi connectivity index (χ1n) is 6.24. The SMILES string of the molecule is O=S(=O)(C=Cc1ccccc1)N1CC(n2ccnn2)C1. The van der Waals surface area contributed by atoms with Crippen LogP contribution in [-0.2, 0) is 10.0 Å². The van der Waals surface area contributed by atoms with Crippen LogP contribution >= 0.6 is 0 Å². The van der Waals surface area contributed by atoms with Crippen LogP contribution in [0.2, 0.25) is 0 Å². The van der Waals surface area contributed by atoms with Gasteiger partial charge in [0.25, 0.3) is 0 Å². The molecule has 0 bridgehead atoms. The quantitative estimate of drug-likeness (QED) is 0.846. The molecule has 0 atom stereocenters. The zero-order chi connectivity index (χ0) is 14.0. The highest BCUT2D eigenvalue weighted by atomic mass is 32.2. The molecule has 2 heterocycles. The number of sulfonamides is 1. The number of hydrogen-bond donors (Lipinski definition) is 0. The summed E-state index contributed by atoms with van der Waals surface area (Å²) in [6.45, 7) is 0.871. The third kappa shape index (κ3) is 2.63. The molecule has 0 saturated carbocycles. The number of hydrogen-bond acceptors (Lipinski definition) is 4. The fraction of sp³-hybridized carbons (Fsp3) is 0.231. The minimum Gasteiger partial charge on any atom is -0.247 e. The first-order chi connectivity index (χ1) is 9.65. The van der Waals surface area contributed by atoms with E-state index in [4.69, 9.17) is 0 Å². The van der Waals surface area contributed by atoms with E-state index in [9.17, 15) is 8.42 Å². The van der Waals surface area contributed by atoms with Crippen LogP contribution in [0.3, 0.4) is 0 Å². The van der Waals surface area contributed by atoms with Crippen molar-refractivity contribution in [3.8, 4) is 0 Å². The smallest absolute Gasteiger partial charge is 0.236 e. The highest BCUT2D eigenvalue weighted by molar-refractivity contribution is 7.92. The van der Waals surface area contributed by atoms with E-state index in [1.165, 1.54) is 9.71 Å². The van der Waals surface area contributed by atoms with Crippen molar-refractivity contribution >= 4 is 16.1 Å². The molecule has 0 radical (unpaired) electrons. The maximum Gasteiger partial charge on any atom is 0.236 e. The van der Waals surface area contributed by atoms with E-state index in [0.29, 0.717) is 13.1 Å². The second kappa shape index (κ2) is 5.18. The molecule has 1 aliphatic heterocycles. The van der Waals surface area contributed by atoms with Gasteiger partial charge in [-0.05, 0) is 11.6 Å². The van der Waals surface area contributed by atoms with Crippen molar-refractivity contribution in [3.63, 3.8) is 0 Å². The molecule has 3 rings (SSSR count). The topological polar surface area (TPSA) is 68.1 Å². The molecule has 104 valence electrons. The van der Waals surface area contributed by atoms with Crippen molar-refractivity contribution in [2.75, 3.05) is 13.1 Å². The van der Waals surface area contributed by atoms with Crippen molar-refractivity contribution in [1.29, 1.82) is 0 Å². The van der Waals surface area contributed by atoms with Gasteiger partial charge in [0.05, 0.1) is 12.2 Å². The van der Waals surface area contributed by atoms with Crippen LogP contribution in [0.15, 0.2) is 48.1 Å². The lowest BCUT2D eigenvalue weighted by atomic mass is 10.2. The maximum absolute atomic E-state index is 12.1. The molecular formula is C13H14N4O2S. The van der Waals surface area contributed by atoms with Gasteiger partial charge < -0.3 is 0 Å². The van der Waals surface area contributed by atoms with Gasteiger partial charge in [-0.2, -0.15) is 4.31 Å². The predicted octanol–water partition coefficient (Wildman–Crippen LogP) is 1.14. The Kier molecular flexibility index (Phi) is 3.37. The molecule has 1 aromatic carbocycles. The fourth-order valence-corrected chi connectivity index (χ4v) is 3.28. The third-order valence-electron chi connectivity index (χ3n) is 3.24. The van der Waals surface area contributed by atoms with Gasteiger partial charge in [-0.1, -0.05) is 35.5 Å². The van der Waals surface area contributed by atoms with Crippen LogP contribution in [0.5, 0.6) is 0 Å². The van der Waals surface area contributed by atoms with Crippen LogP contribution in [-0.4, -0.2) is 40.8 Å². The van der Waals surface area contributed by atoms with Gasteiger partial charge in [0.2, 0.25) is 10.0 Å². The van der Waals surface area contributed by atoms with Gasteiger partial charge in [-0.15, -0.1) is 5.10 Å². The van der Waals surface area contributed by atoms with Gasteiger partial charge in [0.1, 0.15) is 0 Å². The lowest BCUT2D eigenvalue weighted by Gasteiger charge is -2.36. The van der Waals surface area contributed by atoms with Crippen LogP contribution < -0.4 is 0 Å². The van der Waals surface area contributed by atoms with Gasteiger partial charge in [-0.25, -0.2) is 13.1 Å². The Hall–Kier alpha value is -1.99. The first kappa shape index (κ1) is 13.0. The summed E-state index contributed by atoms with van der Waals surface area (Å²) in [5.74, 6) is 0. The Bertz CT molecular complexity index is 689. The van der Waals surface area contributed by atoms with E-state index in [1.807, 2.05) is 30.3 Å². The van der Waals surface area contributed by atoms with Crippen molar-refractivity contribution in [1.82, 2.24) is 19.3 Å². The molecule has 7 heteroatoms. The van der Waals surface area contributed by atoms with Crippen molar-refractivity contribution in [2.24, 2.45) is 0 Å². The zero-order valence-corrected chi connectivity index (χ0v) is 11.5. The molecule has 0 amide bonds. The fourth-order valence-electron chi connectivity index (χ4n) is 2.02. The average Bonchev–Trinajstić information content (AvgIpc) is 2.89. The minimum atomic E-state index is -3.35. The molecule has 0 aliphatic carbocycles. The summed E-state index contributed by atoms with van der Waals surface area (Å²) in [4.78, 5) is 0. The molecule has 6 nitrogen and oxygen atoms in total. The van der Waals surface area contributed by atoms with E-state index < -0.39 is 10.0 Å². The Labute approximate surface area is 117 Å². The molecule has 0 spiro atoms. The number of nitrogens with zero attached hydrogens (tertiary/aromatic N) is 4. The second-order valence-corrected chi connectivity index (χ2v) is 6.43. The summed E-state index contributed by atoms with van der Waals surface area (Å²) < 4.78 is 27.3. The summed E-state index contributed by atoms with van der Waals surface area (Å²) in [7, 11) is -3.35. The van der Waals surface area contributed by atoms with Gasteiger partial charge in [-0.3, -0.25) is 0 Å². The molecule has 1 fully saturated rings. The lowest BCUT2D eigenvalue weighted by molar-refractivity contribution is 0.191. The van der Waals surface area contributed by atoms with Crippen molar-refractivity contribution < 1.29 is 8.42 Å². The zero-order valence-electron chi connectivity index (χ0n) is 10.7. The molecule has 1 aliphatic rings. The Morgan fingerprint density at radius 2 is 1.95 bits per heavy atom. The minimum absolute atomic E-state index is 0.0809. The third-order valence-corrected chi connectivity index (χ3v) is 4.73. The maximum atomic E-state index is 12.1. The molecular weight excluding hydrogens is 276 g/mol.